The number of imidazole rings is 1. The summed E-state index contributed by atoms with van der Waals surface area (Å²) in [7, 11) is 0. The van der Waals surface area contributed by atoms with Crippen LogP contribution in [0.3, 0.4) is 0 Å². The Bertz CT molecular complexity index is 857. The smallest absolute Gasteiger partial charge is 0.195 e. The van der Waals surface area contributed by atoms with Gasteiger partial charge in [-0.15, -0.1) is 22.7 Å². The summed E-state index contributed by atoms with van der Waals surface area (Å²) in [6.07, 6.45) is 2.45. The molecular formula is C15H13N3OS2. The number of fused-ring (bicyclic) bond motifs is 1. The van der Waals surface area contributed by atoms with Crippen molar-refractivity contribution in [2.75, 3.05) is 6.54 Å². The predicted molar refractivity (Wildman–Crippen MR) is 86.8 cm³/mol. The van der Waals surface area contributed by atoms with Gasteiger partial charge in [0.1, 0.15) is 5.69 Å². The highest BCUT2D eigenvalue weighted by molar-refractivity contribution is 7.17. The highest BCUT2D eigenvalue weighted by atomic mass is 32.1. The average Bonchev–Trinajstić information content (AvgIpc) is 3.25. The molecule has 0 fully saturated rings. The summed E-state index contributed by atoms with van der Waals surface area (Å²) in [5.41, 5.74) is 9.00. The third-order valence-corrected chi connectivity index (χ3v) is 5.09. The van der Waals surface area contributed by atoms with Crippen molar-refractivity contribution in [1.82, 2.24) is 9.38 Å². The van der Waals surface area contributed by atoms with E-state index < -0.39 is 0 Å². The van der Waals surface area contributed by atoms with Gasteiger partial charge in [0.05, 0.1) is 22.5 Å². The minimum absolute atomic E-state index is 0.585. The molecule has 6 heteroatoms. The molecule has 0 aliphatic rings. The molecule has 0 amide bonds. The van der Waals surface area contributed by atoms with E-state index in [-0.39, 0.29) is 0 Å². The maximum absolute atomic E-state index is 5.80. The normalized spacial score (nSPS) is 11.5. The molecule has 0 atom stereocenters. The van der Waals surface area contributed by atoms with Gasteiger partial charge >= 0.3 is 0 Å². The number of aromatic nitrogens is 2. The third-order valence-electron chi connectivity index (χ3n) is 3.37. The number of hydrogen-bond donors (Lipinski definition) is 1. The van der Waals surface area contributed by atoms with Crippen molar-refractivity contribution in [1.29, 1.82) is 0 Å². The van der Waals surface area contributed by atoms with Gasteiger partial charge < -0.3 is 10.2 Å². The van der Waals surface area contributed by atoms with Gasteiger partial charge in [-0.25, -0.2) is 4.98 Å². The lowest BCUT2D eigenvalue weighted by molar-refractivity contribution is 0.579. The van der Waals surface area contributed by atoms with Crippen LogP contribution in [0.2, 0.25) is 0 Å². The van der Waals surface area contributed by atoms with E-state index in [1.54, 1.807) is 28.9 Å². The van der Waals surface area contributed by atoms with Crippen LogP contribution in [-0.2, 0) is 6.42 Å². The van der Waals surface area contributed by atoms with Crippen LogP contribution in [0, 0.1) is 0 Å². The molecule has 0 bridgehead atoms. The number of rotatable bonds is 4. The van der Waals surface area contributed by atoms with E-state index in [2.05, 4.69) is 27.3 Å². The first kappa shape index (κ1) is 12.8. The first-order valence-corrected chi connectivity index (χ1v) is 8.41. The van der Waals surface area contributed by atoms with Gasteiger partial charge in [0.2, 0.25) is 0 Å². The summed E-state index contributed by atoms with van der Waals surface area (Å²) in [5, 5.41) is 4.24. The third kappa shape index (κ3) is 2.03. The molecule has 4 aromatic heterocycles. The molecule has 0 aliphatic heterocycles. The standard InChI is InChI=1S/C15H13N3OS2/c16-6-5-10-14(12-3-1-7-19-12)17-15-18(10)11(9-21-15)13-4-2-8-20-13/h1-4,7-9H,5-6,16H2. The number of nitrogens with two attached hydrogens (primary N) is 1. The second-order valence-corrected chi connectivity index (χ2v) is 6.42. The SMILES string of the molecule is NCCc1c(-c2ccco2)nc2scc(-c3cccs3)n12. The molecule has 0 radical (unpaired) electrons. The van der Waals surface area contributed by atoms with E-state index in [9.17, 15) is 0 Å². The molecule has 0 saturated carbocycles. The van der Waals surface area contributed by atoms with Crippen LogP contribution in [0.4, 0.5) is 0 Å². The average molecular weight is 315 g/mol. The monoisotopic (exact) mass is 315 g/mol. The number of thiophene rings is 1. The summed E-state index contributed by atoms with van der Waals surface area (Å²) in [6.45, 7) is 0.585. The van der Waals surface area contributed by atoms with Crippen molar-refractivity contribution in [3.63, 3.8) is 0 Å². The summed E-state index contributed by atoms with van der Waals surface area (Å²) in [4.78, 5) is 6.96. The molecule has 4 aromatic rings. The topological polar surface area (TPSA) is 56.5 Å². The van der Waals surface area contributed by atoms with E-state index >= 15 is 0 Å². The molecule has 0 aromatic carbocycles. The fourth-order valence-electron chi connectivity index (χ4n) is 2.49. The summed E-state index contributed by atoms with van der Waals surface area (Å²) < 4.78 is 7.74. The Morgan fingerprint density at radius 1 is 1.24 bits per heavy atom. The quantitative estimate of drug-likeness (QED) is 0.621. The van der Waals surface area contributed by atoms with Gasteiger partial charge in [-0.1, -0.05) is 6.07 Å². The van der Waals surface area contributed by atoms with Crippen LogP contribution in [0.15, 0.2) is 45.7 Å². The highest BCUT2D eigenvalue weighted by Crippen LogP contribution is 2.34. The summed E-state index contributed by atoms with van der Waals surface area (Å²) in [6, 6.07) is 8.02. The van der Waals surface area contributed by atoms with Crippen molar-refractivity contribution in [3.8, 4) is 22.0 Å². The van der Waals surface area contributed by atoms with E-state index in [4.69, 9.17) is 15.1 Å². The summed E-state index contributed by atoms with van der Waals surface area (Å²) >= 11 is 3.38. The van der Waals surface area contributed by atoms with Crippen LogP contribution in [0.5, 0.6) is 0 Å². The molecule has 21 heavy (non-hydrogen) atoms. The van der Waals surface area contributed by atoms with Gasteiger partial charge in [-0.05, 0) is 30.1 Å². The van der Waals surface area contributed by atoms with Crippen molar-refractivity contribution < 1.29 is 4.42 Å². The van der Waals surface area contributed by atoms with Gasteiger partial charge in [0.25, 0.3) is 0 Å². The van der Waals surface area contributed by atoms with E-state index in [0.29, 0.717) is 6.54 Å². The lowest BCUT2D eigenvalue weighted by Crippen LogP contribution is -2.06. The zero-order valence-corrected chi connectivity index (χ0v) is 12.8. The van der Waals surface area contributed by atoms with E-state index in [1.165, 1.54) is 10.6 Å². The first-order chi connectivity index (χ1) is 10.4. The number of thiazole rings is 1. The Labute approximate surface area is 129 Å². The minimum Gasteiger partial charge on any atom is -0.463 e. The summed E-state index contributed by atoms with van der Waals surface area (Å²) in [5.74, 6) is 0.798. The van der Waals surface area contributed by atoms with Crippen molar-refractivity contribution >= 4 is 27.6 Å². The van der Waals surface area contributed by atoms with E-state index in [1.807, 2.05) is 12.1 Å². The second-order valence-electron chi connectivity index (χ2n) is 4.64. The fourth-order valence-corrected chi connectivity index (χ4v) is 4.20. The molecule has 0 aliphatic carbocycles. The van der Waals surface area contributed by atoms with E-state index in [0.717, 1.165) is 28.5 Å². The first-order valence-electron chi connectivity index (χ1n) is 6.65. The zero-order chi connectivity index (χ0) is 14.2. The van der Waals surface area contributed by atoms with Crippen LogP contribution in [0.25, 0.3) is 27.0 Å². The molecule has 4 nitrogen and oxygen atoms in total. The largest absolute Gasteiger partial charge is 0.463 e. The van der Waals surface area contributed by atoms with Crippen LogP contribution in [-0.4, -0.2) is 15.9 Å². The van der Waals surface area contributed by atoms with Crippen molar-refractivity contribution in [3.05, 3.63) is 47.0 Å². The molecule has 0 spiro atoms. The molecule has 4 rings (SSSR count). The Morgan fingerprint density at radius 2 is 2.19 bits per heavy atom. The minimum atomic E-state index is 0.585. The second kappa shape index (κ2) is 5.14. The molecule has 0 unspecified atom stereocenters. The maximum Gasteiger partial charge on any atom is 0.195 e. The van der Waals surface area contributed by atoms with Gasteiger partial charge in [0.15, 0.2) is 10.7 Å². The van der Waals surface area contributed by atoms with Gasteiger partial charge in [0, 0.05) is 11.8 Å². The number of furan rings is 1. The Morgan fingerprint density at radius 3 is 2.90 bits per heavy atom. The molecular weight excluding hydrogens is 302 g/mol. The van der Waals surface area contributed by atoms with Gasteiger partial charge in [-0.2, -0.15) is 0 Å². The lowest BCUT2D eigenvalue weighted by atomic mass is 10.2. The van der Waals surface area contributed by atoms with Gasteiger partial charge in [-0.3, -0.25) is 4.40 Å². The highest BCUT2D eigenvalue weighted by Gasteiger charge is 2.19. The molecule has 106 valence electrons. The van der Waals surface area contributed by atoms with Crippen LogP contribution in [0.1, 0.15) is 5.69 Å². The zero-order valence-electron chi connectivity index (χ0n) is 11.2. The van der Waals surface area contributed by atoms with Crippen LogP contribution >= 0.6 is 22.7 Å². The Kier molecular flexibility index (Phi) is 3.14. The number of hydrogen-bond acceptors (Lipinski definition) is 5. The van der Waals surface area contributed by atoms with Crippen molar-refractivity contribution in [2.45, 2.75) is 6.42 Å². The molecule has 4 heterocycles. The lowest BCUT2D eigenvalue weighted by Gasteiger charge is -2.03. The maximum atomic E-state index is 5.80. The Hall–Kier alpha value is -1.89. The van der Waals surface area contributed by atoms with Crippen LogP contribution < -0.4 is 5.73 Å². The molecule has 0 saturated heterocycles. The fraction of sp³-hybridized carbons (Fsp3) is 0.133. The van der Waals surface area contributed by atoms with Crippen molar-refractivity contribution in [2.24, 2.45) is 5.73 Å². The predicted octanol–water partition coefficient (Wildman–Crippen LogP) is 3.89. The Balaban J connectivity index is 1.99. The molecule has 2 N–H and O–H groups in total. The number of nitrogens with zero attached hydrogens (tertiary/aromatic N) is 2.